The number of nitrogens with one attached hydrogen (secondary N) is 1. The van der Waals surface area contributed by atoms with Crippen molar-refractivity contribution in [3.63, 3.8) is 0 Å². The Morgan fingerprint density at radius 3 is 2.18 bits per heavy atom. The molecule has 2 saturated heterocycles. The highest BCUT2D eigenvalue weighted by atomic mass is 32.2. The van der Waals surface area contributed by atoms with Gasteiger partial charge in [-0.05, 0) is 31.3 Å². The summed E-state index contributed by atoms with van der Waals surface area (Å²) in [5.74, 6) is 1.96. The van der Waals surface area contributed by atoms with Crippen molar-refractivity contribution in [1.82, 2.24) is 10.2 Å². The normalized spacial score (nSPS) is 39.8. The molecule has 0 bridgehead atoms. The van der Waals surface area contributed by atoms with E-state index in [1.165, 1.54) is 0 Å². The first kappa shape index (κ1) is 13.3. The van der Waals surface area contributed by atoms with Gasteiger partial charge in [0.2, 0.25) is 0 Å². The smallest absolute Gasteiger partial charge is 0.151 e. The van der Waals surface area contributed by atoms with E-state index in [1.807, 2.05) is 0 Å². The van der Waals surface area contributed by atoms with Gasteiger partial charge in [0.15, 0.2) is 9.84 Å². The molecule has 0 spiro atoms. The molecule has 3 atom stereocenters. The molecule has 2 rings (SSSR count). The van der Waals surface area contributed by atoms with Crippen LogP contribution in [-0.2, 0) is 9.84 Å². The molecule has 0 aromatic rings. The van der Waals surface area contributed by atoms with Gasteiger partial charge in [0.25, 0.3) is 0 Å². The highest BCUT2D eigenvalue weighted by Gasteiger charge is 2.33. The minimum Gasteiger partial charge on any atom is -0.316 e. The molecule has 5 heteroatoms. The van der Waals surface area contributed by atoms with Crippen molar-refractivity contribution in [2.45, 2.75) is 26.3 Å². The van der Waals surface area contributed by atoms with Crippen LogP contribution in [0.5, 0.6) is 0 Å². The van der Waals surface area contributed by atoms with Crippen molar-refractivity contribution < 1.29 is 8.42 Å². The average Bonchev–Trinajstić information content (AvgIpc) is 2.55. The second-order valence-corrected chi connectivity index (χ2v) is 8.11. The highest BCUT2D eigenvalue weighted by molar-refractivity contribution is 7.91. The molecule has 17 heavy (non-hydrogen) atoms. The topological polar surface area (TPSA) is 49.4 Å². The van der Waals surface area contributed by atoms with Crippen LogP contribution in [0, 0.1) is 11.8 Å². The van der Waals surface area contributed by atoms with Gasteiger partial charge >= 0.3 is 0 Å². The van der Waals surface area contributed by atoms with Crippen molar-refractivity contribution in [2.75, 3.05) is 37.7 Å². The second kappa shape index (κ2) is 5.24. The molecular weight excluding hydrogens is 236 g/mol. The quantitative estimate of drug-likeness (QED) is 0.739. The number of rotatable bonds is 1. The van der Waals surface area contributed by atoms with Crippen LogP contribution in [0.2, 0.25) is 0 Å². The van der Waals surface area contributed by atoms with E-state index >= 15 is 0 Å². The van der Waals surface area contributed by atoms with E-state index in [2.05, 4.69) is 24.1 Å². The van der Waals surface area contributed by atoms with E-state index in [-0.39, 0.29) is 6.04 Å². The monoisotopic (exact) mass is 260 g/mol. The molecule has 0 aliphatic carbocycles. The van der Waals surface area contributed by atoms with Gasteiger partial charge in [-0.3, -0.25) is 4.90 Å². The fourth-order valence-corrected chi connectivity index (χ4v) is 4.70. The summed E-state index contributed by atoms with van der Waals surface area (Å²) in [5, 5.41) is 3.47. The average molecular weight is 260 g/mol. The molecule has 0 amide bonds. The maximum absolute atomic E-state index is 11.6. The van der Waals surface area contributed by atoms with Crippen LogP contribution in [-0.4, -0.2) is 57.0 Å². The first-order valence-corrected chi connectivity index (χ1v) is 8.43. The first-order valence-electron chi connectivity index (χ1n) is 6.61. The maximum atomic E-state index is 11.6. The van der Waals surface area contributed by atoms with E-state index in [9.17, 15) is 8.42 Å². The lowest BCUT2D eigenvalue weighted by Gasteiger charge is -2.35. The predicted octanol–water partition coefficient (Wildman–Crippen LogP) is 0.351. The van der Waals surface area contributed by atoms with Crippen LogP contribution in [0.15, 0.2) is 0 Å². The Balaban J connectivity index is 2.01. The molecular formula is C12H24N2O2S. The van der Waals surface area contributed by atoms with Gasteiger partial charge in [-0.1, -0.05) is 13.8 Å². The molecule has 2 fully saturated rings. The standard InChI is InChI=1S/C12H24N2O2S/c1-10-5-13-6-11(2)8-14(7-10)12-3-4-17(15,16)9-12/h10-13H,3-9H2,1-2H3. The molecule has 0 aromatic heterocycles. The van der Waals surface area contributed by atoms with Gasteiger partial charge in [-0.25, -0.2) is 8.42 Å². The SMILES string of the molecule is CC1CNCC(C)CN(C2CCS(=O)(=O)C2)C1. The molecule has 2 aliphatic rings. The molecule has 3 unspecified atom stereocenters. The largest absolute Gasteiger partial charge is 0.316 e. The van der Waals surface area contributed by atoms with Crippen molar-refractivity contribution >= 4 is 9.84 Å². The molecule has 4 nitrogen and oxygen atoms in total. The third-order valence-electron chi connectivity index (χ3n) is 3.80. The molecule has 0 saturated carbocycles. The van der Waals surface area contributed by atoms with Gasteiger partial charge in [0.1, 0.15) is 0 Å². The lowest BCUT2D eigenvalue weighted by molar-refractivity contribution is 0.144. The van der Waals surface area contributed by atoms with E-state index < -0.39 is 9.84 Å². The number of nitrogens with zero attached hydrogens (tertiary/aromatic N) is 1. The summed E-state index contributed by atoms with van der Waals surface area (Å²) in [6.07, 6.45) is 0.829. The van der Waals surface area contributed by atoms with Crippen molar-refractivity contribution in [3.8, 4) is 0 Å². The van der Waals surface area contributed by atoms with Gasteiger partial charge in [-0.2, -0.15) is 0 Å². The molecule has 2 aliphatic heterocycles. The van der Waals surface area contributed by atoms with E-state index in [1.54, 1.807) is 0 Å². The Morgan fingerprint density at radius 1 is 1.12 bits per heavy atom. The summed E-state index contributed by atoms with van der Waals surface area (Å²) in [4.78, 5) is 2.42. The fourth-order valence-electron chi connectivity index (χ4n) is 2.94. The number of hydrogen-bond donors (Lipinski definition) is 1. The van der Waals surface area contributed by atoms with E-state index in [0.717, 1.165) is 32.6 Å². The summed E-state index contributed by atoms with van der Waals surface area (Å²) in [6, 6.07) is 0.267. The van der Waals surface area contributed by atoms with Crippen molar-refractivity contribution in [1.29, 1.82) is 0 Å². The summed E-state index contributed by atoms with van der Waals surface area (Å²) >= 11 is 0. The molecule has 1 N–H and O–H groups in total. The molecule has 100 valence electrons. The zero-order valence-corrected chi connectivity index (χ0v) is 11.7. The Morgan fingerprint density at radius 2 is 1.71 bits per heavy atom. The van der Waals surface area contributed by atoms with E-state index in [4.69, 9.17) is 0 Å². The number of hydrogen-bond acceptors (Lipinski definition) is 4. The predicted molar refractivity (Wildman–Crippen MR) is 69.8 cm³/mol. The lowest BCUT2D eigenvalue weighted by Crippen LogP contribution is -2.47. The lowest BCUT2D eigenvalue weighted by atomic mass is 10.0. The zero-order valence-electron chi connectivity index (χ0n) is 10.9. The van der Waals surface area contributed by atoms with Crippen LogP contribution < -0.4 is 5.32 Å². The Hall–Kier alpha value is -0.130. The number of sulfone groups is 1. The summed E-state index contributed by atoms with van der Waals surface area (Å²) in [6.45, 7) is 8.61. The van der Waals surface area contributed by atoms with Crippen LogP contribution >= 0.6 is 0 Å². The Labute approximate surface area is 105 Å². The van der Waals surface area contributed by atoms with E-state index in [0.29, 0.717) is 23.3 Å². The highest BCUT2D eigenvalue weighted by Crippen LogP contribution is 2.20. The minimum atomic E-state index is -2.76. The van der Waals surface area contributed by atoms with Crippen LogP contribution in [0.4, 0.5) is 0 Å². The van der Waals surface area contributed by atoms with Gasteiger partial charge in [-0.15, -0.1) is 0 Å². The van der Waals surface area contributed by atoms with Crippen molar-refractivity contribution in [2.24, 2.45) is 11.8 Å². The van der Waals surface area contributed by atoms with Gasteiger partial charge in [0, 0.05) is 19.1 Å². The fraction of sp³-hybridized carbons (Fsp3) is 1.00. The summed E-state index contributed by atoms with van der Waals surface area (Å²) in [5.41, 5.74) is 0. The zero-order chi connectivity index (χ0) is 12.5. The van der Waals surface area contributed by atoms with Crippen LogP contribution in [0.25, 0.3) is 0 Å². The second-order valence-electron chi connectivity index (χ2n) is 5.88. The minimum absolute atomic E-state index is 0.267. The first-order chi connectivity index (χ1) is 7.96. The molecule has 0 radical (unpaired) electrons. The molecule has 2 heterocycles. The third kappa shape index (κ3) is 3.66. The molecule has 0 aromatic carbocycles. The van der Waals surface area contributed by atoms with Crippen LogP contribution in [0.3, 0.4) is 0 Å². The third-order valence-corrected chi connectivity index (χ3v) is 5.55. The van der Waals surface area contributed by atoms with Gasteiger partial charge in [0.05, 0.1) is 11.5 Å². The Bertz CT molecular complexity index is 344. The van der Waals surface area contributed by atoms with Gasteiger partial charge < -0.3 is 5.32 Å². The maximum Gasteiger partial charge on any atom is 0.151 e. The van der Waals surface area contributed by atoms with Crippen LogP contribution in [0.1, 0.15) is 20.3 Å². The Kier molecular flexibility index (Phi) is 4.10. The summed E-state index contributed by atoms with van der Waals surface area (Å²) < 4.78 is 23.1. The van der Waals surface area contributed by atoms with Crippen molar-refractivity contribution in [3.05, 3.63) is 0 Å². The summed E-state index contributed by atoms with van der Waals surface area (Å²) in [7, 11) is -2.76.